The van der Waals surface area contributed by atoms with E-state index in [0.29, 0.717) is 23.8 Å². The van der Waals surface area contributed by atoms with Gasteiger partial charge in [0.2, 0.25) is 11.8 Å². The van der Waals surface area contributed by atoms with Gasteiger partial charge in [-0.15, -0.1) is 0 Å². The molecule has 1 aliphatic heterocycles. The molecule has 8 heteroatoms. The summed E-state index contributed by atoms with van der Waals surface area (Å²) in [6.07, 6.45) is 5.22. The first-order chi connectivity index (χ1) is 13.0. The number of nitrogens with zero attached hydrogens (tertiary/aromatic N) is 1. The van der Waals surface area contributed by atoms with Crippen molar-refractivity contribution in [2.45, 2.75) is 50.6 Å². The highest BCUT2D eigenvalue weighted by molar-refractivity contribution is 6.33. The molecule has 1 aromatic carbocycles. The van der Waals surface area contributed by atoms with Crippen LogP contribution in [-0.4, -0.2) is 47.9 Å². The van der Waals surface area contributed by atoms with E-state index in [0.717, 1.165) is 25.7 Å². The SMILES string of the molecule is O=C(C[C@@H]1C(=O)NCCN1C(=O)NC1CCCCC1)Nc1ccccc1Cl. The van der Waals surface area contributed by atoms with E-state index in [4.69, 9.17) is 11.6 Å². The second-order valence-corrected chi connectivity index (χ2v) is 7.42. The van der Waals surface area contributed by atoms with Crippen LogP contribution in [-0.2, 0) is 9.59 Å². The van der Waals surface area contributed by atoms with E-state index in [-0.39, 0.29) is 30.3 Å². The Morgan fingerprint density at radius 1 is 1.19 bits per heavy atom. The molecule has 1 atom stereocenters. The third kappa shape index (κ3) is 5.13. The normalized spacial score (nSPS) is 20.7. The molecular formula is C19H25ClN4O3. The number of halogens is 1. The zero-order chi connectivity index (χ0) is 19.2. The molecule has 0 aromatic heterocycles. The molecule has 1 saturated heterocycles. The molecule has 0 unspecified atom stereocenters. The molecule has 2 fully saturated rings. The minimum absolute atomic E-state index is 0.116. The Balaban J connectivity index is 1.63. The van der Waals surface area contributed by atoms with Crippen LogP contribution in [0.25, 0.3) is 0 Å². The van der Waals surface area contributed by atoms with E-state index in [2.05, 4.69) is 16.0 Å². The molecule has 1 saturated carbocycles. The molecule has 0 spiro atoms. The van der Waals surface area contributed by atoms with Crippen LogP contribution < -0.4 is 16.0 Å². The van der Waals surface area contributed by atoms with Gasteiger partial charge in [-0.2, -0.15) is 0 Å². The summed E-state index contributed by atoms with van der Waals surface area (Å²) in [5.41, 5.74) is 0.485. The molecule has 146 valence electrons. The number of carbonyl (C=O) groups is 3. The highest BCUT2D eigenvalue weighted by Crippen LogP contribution is 2.22. The van der Waals surface area contributed by atoms with Gasteiger partial charge < -0.3 is 20.9 Å². The maximum absolute atomic E-state index is 12.7. The van der Waals surface area contributed by atoms with Crippen molar-refractivity contribution in [3.63, 3.8) is 0 Å². The quantitative estimate of drug-likeness (QED) is 0.735. The van der Waals surface area contributed by atoms with Crippen LogP contribution in [0.3, 0.4) is 0 Å². The molecule has 0 radical (unpaired) electrons. The standard InChI is InChI=1S/C19H25ClN4O3/c20-14-8-4-5-9-15(14)23-17(25)12-16-18(26)21-10-11-24(16)19(27)22-13-6-2-1-3-7-13/h4-5,8-9,13,16H,1-3,6-7,10-12H2,(H,21,26)(H,22,27)(H,23,25)/t16-/m1/s1. The summed E-state index contributed by atoms with van der Waals surface area (Å²) in [5, 5.41) is 8.89. The van der Waals surface area contributed by atoms with Crippen molar-refractivity contribution >= 4 is 35.1 Å². The number of hydrogen-bond donors (Lipinski definition) is 3. The van der Waals surface area contributed by atoms with Gasteiger partial charge in [0.15, 0.2) is 0 Å². The van der Waals surface area contributed by atoms with Gasteiger partial charge >= 0.3 is 6.03 Å². The number of para-hydroxylation sites is 1. The van der Waals surface area contributed by atoms with E-state index in [9.17, 15) is 14.4 Å². The van der Waals surface area contributed by atoms with Crippen molar-refractivity contribution < 1.29 is 14.4 Å². The first-order valence-corrected chi connectivity index (χ1v) is 9.81. The molecule has 0 bridgehead atoms. The Morgan fingerprint density at radius 2 is 1.93 bits per heavy atom. The molecular weight excluding hydrogens is 368 g/mol. The lowest BCUT2D eigenvalue weighted by Gasteiger charge is -2.36. The van der Waals surface area contributed by atoms with Crippen LogP contribution >= 0.6 is 11.6 Å². The fraction of sp³-hybridized carbons (Fsp3) is 0.526. The topological polar surface area (TPSA) is 90.5 Å². The summed E-state index contributed by atoms with van der Waals surface area (Å²) in [6, 6.07) is 5.94. The first-order valence-electron chi connectivity index (χ1n) is 9.44. The maximum atomic E-state index is 12.7. The zero-order valence-electron chi connectivity index (χ0n) is 15.2. The minimum atomic E-state index is -0.829. The lowest BCUT2D eigenvalue weighted by Crippen LogP contribution is -2.61. The number of piperazine rings is 1. The molecule has 27 heavy (non-hydrogen) atoms. The summed E-state index contributed by atoms with van der Waals surface area (Å²) >= 11 is 6.06. The Morgan fingerprint density at radius 3 is 2.67 bits per heavy atom. The Labute approximate surface area is 163 Å². The summed E-state index contributed by atoms with van der Waals surface area (Å²) in [6.45, 7) is 0.772. The van der Waals surface area contributed by atoms with Gasteiger partial charge in [0.05, 0.1) is 17.1 Å². The Kier molecular flexibility index (Phi) is 6.55. The summed E-state index contributed by atoms with van der Waals surface area (Å²) in [4.78, 5) is 38.9. The van der Waals surface area contributed by atoms with E-state index in [1.54, 1.807) is 24.3 Å². The average molecular weight is 393 g/mol. The number of carbonyl (C=O) groups excluding carboxylic acids is 3. The van der Waals surface area contributed by atoms with Crippen LogP contribution in [0.1, 0.15) is 38.5 Å². The lowest BCUT2D eigenvalue weighted by molar-refractivity contribution is -0.131. The van der Waals surface area contributed by atoms with Gasteiger partial charge in [-0.05, 0) is 25.0 Å². The second-order valence-electron chi connectivity index (χ2n) is 7.02. The molecule has 1 aromatic rings. The predicted octanol–water partition coefficient (Wildman–Crippen LogP) is 2.51. The fourth-order valence-corrected chi connectivity index (χ4v) is 3.79. The van der Waals surface area contributed by atoms with E-state index >= 15 is 0 Å². The van der Waals surface area contributed by atoms with Crippen molar-refractivity contribution in [3.05, 3.63) is 29.3 Å². The first kappa shape index (κ1) is 19.5. The fourth-order valence-electron chi connectivity index (χ4n) is 3.60. The second kappa shape index (κ2) is 9.08. The Bertz CT molecular complexity index is 706. The number of hydrogen-bond acceptors (Lipinski definition) is 3. The van der Waals surface area contributed by atoms with Crippen molar-refractivity contribution in [1.29, 1.82) is 0 Å². The summed E-state index contributed by atoms with van der Waals surface area (Å²) < 4.78 is 0. The predicted molar refractivity (Wildman–Crippen MR) is 104 cm³/mol. The maximum Gasteiger partial charge on any atom is 0.318 e. The van der Waals surface area contributed by atoms with Gasteiger partial charge in [-0.25, -0.2) is 4.79 Å². The van der Waals surface area contributed by atoms with Crippen molar-refractivity contribution in [2.24, 2.45) is 0 Å². The molecule has 3 N–H and O–H groups in total. The van der Waals surface area contributed by atoms with Gasteiger partial charge in [0, 0.05) is 19.1 Å². The number of anilines is 1. The van der Waals surface area contributed by atoms with Gasteiger partial charge in [-0.1, -0.05) is 43.0 Å². The minimum Gasteiger partial charge on any atom is -0.353 e. The van der Waals surface area contributed by atoms with E-state index in [1.165, 1.54) is 11.3 Å². The van der Waals surface area contributed by atoms with Crippen LogP contribution in [0, 0.1) is 0 Å². The van der Waals surface area contributed by atoms with Crippen LogP contribution in [0.4, 0.5) is 10.5 Å². The third-order valence-electron chi connectivity index (χ3n) is 5.05. The van der Waals surface area contributed by atoms with Crippen molar-refractivity contribution in [3.8, 4) is 0 Å². The number of rotatable bonds is 4. The smallest absolute Gasteiger partial charge is 0.318 e. The molecule has 2 aliphatic rings. The number of nitrogens with one attached hydrogen (secondary N) is 3. The van der Waals surface area contributed by atoms with Crippen LogP contribution in [0.5, 0.6) is 0 Å². The molecule has 4 amide bonds. The van der Waals surface area contributed by atoms with E-state index < -0.39 is 6.04 Å². The van der Waals surface area contributed by atoms with Gasteiger partial charge in [-0.3, -0.25) is 9.59 Å². The highest BCUT2D eigenvalue weighted by atomic mass is 35.5. The van der Waals surface area contributed by atoms with Crippen LogP contribution in [0.2, 0.25) is 5.02 Å². The number of benzene rings is 1. The summed E-state index contributed by atoms with van der Waals surface area (Å²) in [5.74, 6) is -0.671. The van der Waals surface area contributed by atoms with Crippen molar-refractivity contribution in [1.82, 2.24) is 15.5 Å². The van der Waals surface area contributed by atoms with Gasteiger partial charge in [0.1, 0.15) is 6.04 Å². The zero-order valence-corrected chi connectivity index (χ0v) is 15.9. The monoisotopic (exact) mass is 392 g/mol. The van der Waals surface area contributed by atoms with Crippen molar-refractivity contribution in [2.75, 3.05) is 18.4 Å². The molecule has 1 aliphatic carbocycles. The third-order valence-corrected chi connectivity index (χ3v) is 5.38. The van der Waals surface area contributed by atoms with Crippen LogP contribution in [0.15, 0.2) is 24.3 Å². The molecule has 3 rings (SSSR count). The number of urea groups is 1. The van der Waals surface area contributed by atoms with E-state index in [1.807, 2.05) is 0 Å². The van der Waals surface area contributed by atoms with Gasteiger partial charge in [0.25, 0.3) is 0 Å². The summed E-state index contributed by atoms with van der Waals surface area (Å²) in [7, 11) is 0. The molecule has 7 nitrogen and oxygen atoms in total. The lowest BCUT2D eigenvalue weighted by atomic mass is 9.95. The number of amides is 4. The average Bonchev–Trinajstić information content (AvgIpc) is 2.66. The Hall–Kier alpha value is -2.28. The largest absolute Gasteiger partial charge is 0.353 e. The molecule has 1 heterocycles. The highest BCUT2D eigenvalue weighted by Gasteiger charge is 2.35.